The summed E-state index contributed by atoms with van der Waals surface area (Å²) in [7, 11) is 1.63. The van der Waals surface area contributed by atoms with Gasteiger partial charge in [0.25, 0.3) is 0 Å². The number of urea groups is 1. The van der Waals surface area contributed by atoms with Gasteiger partial charge in [0.15, 0.2) is 5.58 Å². The van der Waals surface area contributed by atoms with Gasteiger partial charge in [-0.25, -0.2) is 9.59 Å². The summed E-state index contributed by atoms with van der Waals surface area (Å²) in [6.07, 6.45) is 0.750. The third kappa shape index (κ3) is 3.12. The molecule has 1 N–H and O–H groups in total. The van der Waals surface area contributed by atoms with E-state index in [1.807, 2.05) is 0 Å². The van der Waals surface area contributed by atoms with E-state index in [-0.39, 0.29) is 11.9 Å². The minimum Gasteiger partial charge on any atom is -0.408 e. The Hall–Kier alpha value is -2.77. The number of benzene rings is 1. The number of nitrogens with one attached hydrogen (secondary N) is 1. The number of fused-ring (bicyclic) bond motifs is 1. The Kier molecular flexibility index (Phi) is 4.28. The van der Waals surface area contributed by atoms with Crippen molar-refractivity contribution in [3.8, 4) is 0 Å². The van der Waals surface area contributed by atoms with Gasteiger partial charge in [-0.2, -0.15) is 0 Å². The highest BCUT2D eigenvalue weighted by molar-refractivity contribution is 5.91. The fourth-order valence-corrected chi connectivity index (χ4v) is 2.85. The minimum absolute atomic E-state index is 0.0295. The summed E-state index contributed by atoms with van der Waals surface area (Å²) < 4.78 is 6.53. The van der Waals surface area contributed by atoms with Crippen LogP contribution >= 0.6 is 0 Å². The molecule has 1 aliphatic rings. The molecule has 128 valence electrons. The maximum atomic E-state index is 12.4. The van der Waals surface area contributed by atoms with E-state index in [1.54, 1.807) is 42.0 Å². The van der Waals surface area contributed by atoms with Crippen molar-refractivity contribution in [2.24, 2.45) is 7.05 Å². The Balaban J connectivity index is 1.70. The number of hydrogen-bond donors (Lipinski definition) is 1. The van der Waals surface area contributed by atoms with E-state index >= 15 is 0 Å². The van der Waals surface area contributed by atoms with E-state index in [1.165, 1.54) is 4.57 Å². The molecule has 1 aromatic heterocycles. The Morgan fingerprint density at radius 3 is 2.58 bits per heavy atom. The Bertz CT molecular complexity index is 838. The standard InChI is InChI=1S/C16H20N4O4/c1-11(21)19-6-3-7-20(9-8-19)15(22)17-12-4-5-13-14(10-12)24-16(23)18(13)2/h4-5,10H,3,6-9H2,1-2H3,(H,17,22). The Morgan fingerprint density at radius 1 is 1.12 bits per heavy atom. The van der Waals surface area contributed by atoms with Crippen molar-refractivity contribution in [2.75, 3.05) is 31.5 Å². The maximum absolute atomic E-state index is 12.4. The molecule has 1 aliphatic heterocycles. The smallest absolute Gasteiger partial charge is 0.408 e. The first-order valence-corrected chi connectivity index (χ1v) is 7.87. The van der Waals surface area contributed by atoms with Crippen molar-refractivity contribution < 1.29 is 14.0 Å². The van der Waals surface area contributed by atoms with Crippen LogP contribution in [0.5, 0.6) is 0 Å². The van der Waals surface area contributed by atoms with E-state index in [9.17, 15) is 14.4 Å². The van der Waals surface area contributed by atoms with Crippen molar-refractivity contribution in [3.05, 3.63) is 28.7 Å². The number of anilines is 1. The molecule has 1 aromatic carbocycles. The molecule has 0 aliphatic carbocycles. The average Bonchev–Trinajstić information content (AvgIpc) is 2.73. The first-order chi connectivity index (χ1) is 11.5. The van der Waals surface area contributed by atoms with Crippen molar-refractivity contribution in [3.63, 3.8) is 0 Å². The van der Waals surface area contributed by atoms with Crippen molar-refractivity contribution in [1.82, 2.24) is 14.4 Å². The second-order valence-corrected chi connectivity index (χ2v) is 5.89. The van der Waals surface area contributed by atoms with Gasteiger partial charge >= 0.3 is 11.8 Å². The molecule has 0 bridgehead atoms. The summed E-state index contributed by atoms with van der Waals surface area (Å²) in [4.78, 5) is 38.8. The van der Waals surface area contributed by atoms with Crippen LogP contribution in [-0.4, -0.2) is 52.5 Å². The lowest BCUT2D eigenvalue weighted by molar-refractivity contribution is -0.128. The van der Waals surface area contributed by atoms with Crippen LogP contribution in [0.25, 0.3) is 11.1 Å². The van der Waals surface area contributed by atoms with Gasteiger partial charge in [-0.15, -0.1) is 0 Å². The van der Waals surface area contributed by atoms with E-state index in [0.29, 0.717) is 43.0 Å². The van der Waals surface area contributed by atoms with E-state index < -0.39 is 5.76 Å². The zero-order valence-corrected chi connectivity index (χ0v) is 13.7. The second-order valence-electron chi connectivity index (χ2n) is 5.89. The van der Waals surface area contributed by atoms with Crippen LogP contribution in [0.1, 0.15) is 13.3 Å². The van der Waals surface area contributed by atoms with Gasteiger partial charge in [-0.3, -0.25) is 9.36 Å². The van der Waals surface area contributed by atoms with Gasteiger partial charge in [0.2, 0.25) is 5.91 Å². The number of carbonyl (C=O) groups is 2. The van der Waals surface area contributed by atoms with Crippen LogP contribution in [0.3, 0.4) is 0 Å². The topological polar surface area (TPSA) is 87.8 Å². The number of carbonyl (C=O) groups excluding carboxylic acids is 2. The molecule has 1 saturated heterocycles. The average molecular weight is 332 g/mol. The van der Waals surface area contributed by atoms with E-state index in [4.69, 9.17) is 4.42 Å². The fourth-order valence-electron chi connectivity index (χ4n) is 2.85. The molecule has 8 nitrogen and oxygen atoms in total. The Morgan fingerprint density at radius 2 is 1.83 bits per heavy atom. The highest BCUT2D eigenvalue weighted by Crippen LogP contribution is 2.18. The van der Waals surface area contributed by atoms with Crippen LogP contribution in [0.2, 0.25) is 0 Å². The maximum Gasteiger partial charge on any atom is 0.419 e. The van der Waals surface area contributed by atoms with Crippen LogP contribution in [-0.2, 0) is 11.8 Å². The normalized spacial score (nSPS) is 15.4. The molecule has 3 rings (SSSR count). The van der Waals surface area contributed by atoms with Crippen LogP contribution in [0, 0.1) is 0 Å². The molecule has 1 fully saturated rings. The van der Waals surface area contributed by atoms with Crippen LogP contribution in [0.4, 0.5) is 10.5 Å². The van der Waals surface area contributed by atoms with E-state index in [2.05, 4.69) is 5.32 Å². The molecular formula is C16H20N4O4. The van der Waals surface area contributed by atoms with E-state index in [0.717, 1.165) is 6.42 Å². The number of amides is 3. The summed E-state index contributed by atoms with van der Waals surface area (Å²) in [5.41, 5.74) is 1.67. The molecule has 3 amide bonds. The lowest BCUT2D eigenvalue weighted by atomic mass is 10.3. The molecule has 2 heterocycles. The number of oxazole rings is 1. The highest BCUT2D eigenvalue weighted by Gasteiger charge is 2.20. The molecule has 0 spiro atoms. The van der Waals surface area contributed by atoms with Gasteiger partial charge in [0.1, 0.15) is 0 Å². The number of aromatic nitrogens is 1. The summed E-state index contributed by atoms with van der Waals surface area (Å²) in [5, 5.41) is 2.82. The monoisotopic (exact) mass is 332 g/mol. The number of aryl methyl sites for hydroxylation is 1. The number of nitrogens with zero attached hydrogens (tertiary/aromatic N) is 3. The number of hydrogen-bond acceptors (Lipinski definition) is 4. The van der Waals surface area contributed by atoms with Gasteiger partial charge in [0, 0.05) is 51.9 Å². The molecular weight excluding hydrogens is 312 g/mol. The largest absolute Gasteiger partial charge is 0.419 e. The fraction of sp³-hybridized carbons (Fsp3) is 0.438. The van der Waals surface area contributed by atoms with Crippen molar-refractivity contribution >= 4 is 28.7 Å². The summed E-state index contributed by atoms with van der Waals surface area (Å²) in [6.45, 7) is 3.83. The lowest BCUT2D eigenvalue weighted by Gasteiger charge is -2.21. The molecule has 2 aromatic rings. The summed E-state index contributed by atoms with van der Waals surface area (Å²) in [6, 6.07) is 4.87. The SMILES string of the molecule is CC(=O)N1CCCN(C(=O)Nc2ccc3c(c2)oc(=O)n3C)CC1. The molecule has 0 radical (unpaired) electrons. The summed E-state index contributed by atoms with van der Waals surface area (Å²) >= 11 is 0. The molecule has 0 saturated carbocycles. The number of rotatable bonds is 1. The summed E-state index contributed by atoms with van der Waals surface area (Å²) in [5.74, 6) is -0.410. The van der Waals surface area contributed by atoms with Gasteiger partial charge in [-0.1, -0.05) is 0 Å². The van der Waals surface area contributed by atoms with Gasteiger partial charge in [-0.05, 0) is 18.6 Å². The second kappa shape index (κ2) is 6.38. The zero-order valence-electron chi connectivity index (χ0n) is 13.7. The Labute approximate surface area is 138 Å². The first kappa shape index (κ1) is 16.1. The molecule has 8 heteroatoms. The minimum atomic E-state index is -0.440. The molecule has 24 heavy (non-hydrogen) atoms. The predicted octanol–water partition coefficient (Wildman–Crippen LogP) is 1.22. The predicted molar refractivity (Wildman–Crippen MR) is 88.9 cm³/mol. The quantitative estimate of drug-likeness (QED) is 0.850. The lowest BCUT2D eigenvalue weighted by Crippen LogP contribution is -2.38. The molecule has 0 atom stereocenters. The first-order valence-electron chi connectivity index (χ1n) is 7.87. The third-order valence-corrected chi connectivity index (χ3v) is 4.27. The van der Waals surface area contributed by atoms with Crippen LogP contribution < -0.4 is 11.1 Å². The highest BCUT2D eigenvalue weighted by atomic mass is 16.4. The van der Waals surface area contributed by atoms with Crippen LogP contribution in [0.15, 0.2) is 27.4 Å². The van der Waals surface area contributed by atoms with Crippen molar-refractivity contribution in [2.45, 2.75) is 13.3 Å². The van der Waals surface area contributed by atoms with Gasteiger partial charge in [0.05, 0.1) is 5.52 Å². The molecule has 0 unspecified atom stereocenters. The zero-order chi connectivity index (χ0) is 17.3. The third-order valence-electron chi connectivity index (χ3n) is 4.27. The van der Waals surface area contributed by atoms with Gasteiger partial charge < -0.3 is 19.5 Å². The van der Waals surface area contributed by atoms with Crippen molar-refractivity contribution in [1.29, 1.82) is 0 Å².